The minimum atomic E-state index is 0.0469. The van der Waals surface area contributed by atoms with E-state index < -0.39 is 0 Å². The number of amides is 1. The minimum Gasteiger partial charge on any atom is -0.368 e. The fourth-order valence-corrected chi connectivity index (χ4v) is 1.69. The Morgan fingerprint density at radius 2 is 2.47 bits per heavy atom. The summed E-state index contributed by atoms with van der Waals surface area (Å²) in [5.74, 6) is 0.868. The number of anilines is 2. The smallest absolute Gasteiger partial charge is 0.222 e. The first-order valence-corrected chi connectivity index (χ1v) is 5.25. The average molecular weight is 272 g/mol. The first-order valence-electron chi connectivity index (χ1n) is 4.46. The van der Waals surface area contributed by atoms with Gasteiger partial charge in [-0.15, -0.1) is 0 Å². The standard InChI is InChI=1S/C8H10BrN5O/c9-5-3-12-8(10)14-7(5)13-4-1-6(15)11-2-4/h3-4H,1-2H2,(H,11,15)(H3,10,12,13,14). The van der Waals surface area contributed by atoms with Gasteiger partial charge >= 0.3 is 0 Å². The Hall–Kier alpha value is -1.37. The van der Waals surface area contributed by atoms with Crippen LogP contribution in [0.1, 0.15) is 6.42 Å². The molecule has 0 bridgehead atoms. The van der Waals surface area contributed by atoms with E-state index in [0.717, 1.165) is 4.47 Å². The van der Waals surface area contributed by atoms with Crippen molar-refractivity contribution in [2.45, 2.75) is 12.5 Å². The van der Waals surface area contributed by atoms with E-state index in [1.54, 1.807) is 6.20 Å². The Morgan fingerprint density at radius 3 is 3.13 bits per heavy atom. The molecular weight excluding hydrogens is 262 g/mol. The molecule has 4 N–H and O–H groups in total. The van der Waals surface area contributed by atoms with Crippen LogP contribution in [0.25, 0.3) is 0 Å². The number of nitrogens with one attached hydrogen (secondary N) is 2. The van der Waals surface area contributed by atoms with Gasteiger partial charge in [-0.25, -0.2) is 4.98 Å². The molecule has 6 nitrogen and oxygen atoms in total. The zero-order chi connectivity index (χ0) is 10.8. The number of aromatic nitrogens is 2. The van der Waals surface area contributed by atoms with Gasteiger partial charge in [0, 0.05) is 19.2 Å². The number of halogens is 1. The topological polar surface area (TPSA) is 92.9 Å². The Bertz CT molecular complexity index is 397. The van der Waals surface area contributed by atoms with E-state index in [1.165, 1.54) is 0 Å². The second-order valence-electron chi connectivity index (χ2n) is 3.27. The van der Waals surface area contributed by atoms with E-state index in [1.807, 2.05) is 0 Å². The van der Waals surface area contributed by atoms with Crippen LogP contribution in [0, 0.1) is 0 Å². The van der Waals surface area contributed by atoms with Crippen molar-refractivity contribution in [2.24, 2.45) is 0 Å². The van der Waals surface area contributed by atoms with E-state index in [4.69, 9.17) is 5.73 Å². The van der Waals surface area contributed by atoms with E-state index in [2.05, 4.69) is 36.5 Å². The van der Waals surface area contributed by atoms with Gasteiger partial charge in [-0.3, -0.25) is 4.79 Å². The third-order valence-electron chi connectivity index (χ3n) is 2.08. The molecular formula is C8H10BrN5O. The summed E-state index contributed by atoms with van der Waals surface area (Å²) in [6.45, 7) is 0.606. The maximum absolute atomic E-state index is 11.0. The van der Waals surface area contributed by atoms with Gasteiger partial charge in [0.25, 0.3) is 0 Å². The van der Waals surface area contributed by atoms with Crippen LogP contribution in [0.4, 0.5) is 11.8 Å². The number of nitrogens with zero attached hydrogens (tertiary/aromatic N) is 2. The molecule has 0 saturated carbocycles. The van der Waals surface area contributed by atoms with Crippen molar-refractivity contribution in [2.75, 3.05) is 17.6 Å². The van der Waals surface area contributed by atoms with Crippen LogP contribution in [0.5, 0.6) is 0 Å². The third kappa shape index (κ3) is 2.35. The fourth-order valence-electron chi connectivity index (χ4n) is 1.38. The molecule has 1 atom stereocenters. The first-order chi connectivity index (χ1) is 7.15. The molecule has 0 aromatic carbocycles. The molecule has 0 spiro atoms. The van der Waals surface area contributed by atoms with E-state index >= 15 is 0 Å². The summed E-state index contributed by atoms with van der Waals surface area (Å²) in [5, 5.41) is 5.85. The lowest BCUT2D eigenvalue weighted by molar-refractivity contribution is -0.119. The summed E-state index contributed by atoms with van der Waals surface area (Å²) >= 11 is 3.30. The van der Waals surface area contributed by atoms with Crippen molar-refractivity contribution in [3.8, 4) is 0 Å². The molecule has 1 aliphatic heterocycles. The molecule has 1 amide bonds. The summed E-state index contributed by atoms with van der Waals surface area (Å²) in [7, 11) is 0. The zero-order valence-electron chi connectivity index (χ0n) is 7.83. The zero-order valence-corrected chi connectivity index (χ0v) is 9.41. The maximum Gasteiger partial charge on any atom is 0.222 e. The lowest BCUT2D eigenvalue weighted by Gasteiger charge is -2.12. The minimum absolute atomic E-state index is 0.0469. The summed E-state index contributed by atoms with van der Waals surface area (Å²) in [4.78, 5) is 18.8. The van der Waals surface area contributed by atoms with Crippen LogP contribution < -0.4 is 16.4 Å². The Balaban J connectivity index is 2.10. The highest BCUT2D eigenvalue weighted by molar-refractivity contribution is 9.10. The number of nitrogen functional groups attached to an aromatic ring is 1. The summed E-state index contributed by atoms with van der Waals surface area (Å²) in [6, 6.07) is 0.0584. The van der Waals surface area contributed by atoms with Crippen LogP contribution in [0.15, 0.2) is 10.7 Å². The molecule has 2 rings (SSSR count). The van der Waals surface area contributed by atoms with Gasteiger partial charge in [-0.1, -0.05) is 0 Å². The highest BCUT2D eigenvalue weighted by atomic mass is 79.9. The number of hydrogen-bond donors (Lipinski definition) is 3. The van der Waals surface area contributed by atoms with E-state index in [0.29, 0.717) is 18.8 Å². The molecule has 80 valence electrons. The predicted octanol–water partition coefficient (Wildman–Crippen LogP) is 0.122. The van der Waals surface area contributed by atoms with Gasteiger partial charge in [0.15, 0.2) is 0 Å². The van der Waals surface area contributed by atoms with Crippen LogP contribution >= 0.6 is 15.9 Å². The molecule has 1 aromatic heterocycles. The van der Waals surface area contributed by atoms with Gasteiger partial charge in [0.2, 0.25) is 11.9 Å². The predicted molar refractivity (Wildman–Crippen MR) is 59.2 cm³/mol. The number of carbonyl (C=O) groups is 1. The normalized spacial score (nSPS) is 20.1. The molecule has 1 unspecified atom stereocenters. The lowest BCUT2D eigenvalue weighted by Crippen LogP contribution is -2.23. The monoisotopic (exact) mass is 271 g/mol. The Kier molecular flexibility index (Phi) is 2.72. The molecule has 7 heteroatoms. The van der Waals surface area contributed by atoms with Gasteiger partial charge in [-0.05, 0) is 15.9 Å². The van der Waals surface area contributed by atoms with Gasteiger partial charge < -0.3 is 16.4 Å². The quantitative estimate of drug-likeness (QED) is 0.711. The summed E-state index contributed by atoms with van der Waals surface area (Å²) in [5.41, 5.74) is 5.46. The van der Waals surface area contributed by atoms with Crippen molar-refractivity contribution in [3.05, 3.63) is 10.7 Å². The van der Waals surface area contributed by atoms with Gasteiger partial charge in [-0.2, -0.15) is 4.98 Å². The first kappa shape index (κ1) is 10.2. The van der Waals surface area contributed by atoms with Crippen molar-refractivity contribution in [3.63, 3.8) is 0 Å². The Labute approximate surface area is 94.8 Å². The molecule has 1 aliphatic rings. The Morgan fingerprint density at radius 1 is 1.67 bits per heavy atom. The number of rotatable bonds is 2. The van der Waals surface area contributed by atoms with E-state index in [9.17, 15) is 4.79 Å². The molecule has 15 heavy (non-hydrogen) atoms. The molecule has 2 heterocycles. The number of nitrogens with two attached hydrogens (primary N) is 1. The molecule has 1 saturated heterocycles. The third-order valence-corrected chi connectivity index (χ3v) is 2.66. The number of carbonyl (C=O) groups excluding carboxylic acids is 1. The van der Waals surface area contributed by atoms with Crippen molar-refractivity contribution >= 4 is 33.6 Å². The molecule has 0 aliphatic carbocycles. The van der Waals surface area contributed by atoms with Crippen molar-refractivity contribution in [1.82, 2.24) is 15.3 Å². The SMILES string of the molecule is Nc1ncc(Br)c(NC2CNC(=O)C2)n1. The second-order valence-corrected chi connectivity index (χ2v) is 4.13. The van der Waals surface area contributed by atoms with E-state index in [-0.39, 0.29) is 17.9 Å². The fraction of sp³-hybridized carbons (Fsp3) is 0.375. The lowest BCUT2D eigenvalue weighted by atomic mass is 10.2. The van der Waals surface area contributed by atoms with Crippen LogP contribution in [0.2, 0.25) is 0 Å². The highest BCUT2D eigenvalue weighted by Crippen LogP contribution is 2.21. The largest absolute Gasteiger partial charge is 0.368 e. The molecule has 1 aromatic rings. The van der Waals surface area contributed by atoms with Crippen LogP contribution in [-0.2, 0) is 4.79 Å². The number of hydrogen-bond acceptors (Lipinski definition) is 5. The van der Waals surface area contributed by atoms with Crippen molar-refractivity contribution < 1.29 is 4.79 Å². The van der Waals surface area contributed by atoms with Gasteiger partial charge in [0.1, 0.15) is 5.82 Å². The highest BCUT2D eigenvalue weighted by Gasteiger charge is 2.22. The second kappa shape index (κ2) is 4.01. The summed E-state index contributed by atoms with van der Waals surface area (Å²) in [6.07, 6.45) is 2.03. The van der Waals surface area contributed by atoms with Gasteiger partial charge in [0.05, 0.1) is 10.5 Å². The van der Waals surface area contributed by atoms with Crippen molar-refractivity contribution in [1.29, 1.82) is 0 Å². The molecule has 1 fully saturated rings. The summed E-state index contributed by atoms with van der Waals surface area (Å²) < 4.78 is 0.732. The molecule has 0 radical (unpaired) electrons. The van der Waals surface area contributed by atoms with Crippen LogP contribution in [-0.4, -0.2) is 28.5 Å². The maximum atomic E-state index is 11.0. The average Bonchev–Trinajstić information content (AvgIpc) is 2.58. The van der Waals surface area contributed by atoms with Crippen LogP contribution in [0.3, 0.4) is 0 Å².